The molecule has 0 amide bonds. The van der Waals surface area contributed by atoms with Crippen LogP contribution in [0.3, 0.4) is 0 Å². The maximum atomic E-state index is 14.3. The van der Waals surface area contributed by atoms with Gasteiger partial charge in [0.15, 0.2) is 5.78 Å². The molecule has 27 heavy (non-hydrogen) atoms. The monoisotopic (exact) mass is 374 g/mol. The van der Waals surface area contributed by atoms with Crippen LogP contribution >= 0.6 is 0 Å². The highest BCUT2D eigenvalue weighted by Gasteiger charge is 2.21. The predicted octanol–water partition coefficient (Wildman–Crippen LogP) is 0.748. The maximum Gasteiger partial charge on any atom is 0.330 e. The first-order valence-electron chi connectivity index (χ1n) is 8.81. The molecule has 0 unspecified atom stereocenters. The van der Waals surface area contributed by atoms with Gasteiger partial charge in [0.2, 0.25) is 0 Å². The maximum absolute atomic E-state index is 14.3. The average Bonchev–Trinajstić information content (AvgIpc) is 2.65. The molecular formula is C19H23FN4O3. The van der Waals surface area contributed by atoms with Gasteiger partial charge in [-0.3, -0.25) is 23.6 Å². The van der Waals surface area contributed by atoms with Crippen LogP contribution in [-0.4, -0.2) is 46.0 Å². The predicted molar refractivity (Wildman–Crippen MR) is 101 cm³/mol. The first-order valence-corrected chi connectivity index (χ1v) is 8.81. The Morgan fingerprint density at radius 1 is 1.04 bits per heavy atom. The lowest BCUT2D eigenvalue weighted by Crippen LogP contribution is -2.47. The van der Waals surface area contributed by atoms with E-state index in [-0.39, 0.29) is 17.0 Å². The van der Waals surface area contributed by atoms with Crippen molar-refractivity contribution >= 4 is 11.5 Å². The molecule has 7 nitrogen and oxygen atoms in total. The van der Waals surface area contributed by atoms with Crippen molar-refractivity contribution in [2.24, 2.45) is 14.1 Å². The summed E-state index contributed by atoms with van der Waals surface area (Å²) in [4.78, 5) is 39.3. The summed E-state index contributed by atoms with van der Waals surface area (Å²) in [5.41, 5.74) is 0.846. The Kier molecular flexibility index (Phi) is 5.27. The standard InChI is InChI=1S/C19H23FN4O3/c1-13(25)14-4-5-17(16(20)10-14)24-8-6-23(7-9-24)12-15-11-18(26)22(3)19(27)21(15)2/h4-5,10-11H,6-9,12H2,1-3H3. The number of Topliss-reactive ketones (excluding diaryl/α,β-unsaturated/α-hetero) is 1. The molecule has 1 fully saturated rings. The van der Waals surface area contributed by atoms with Crippen molar-refractivity contribution in [1.82, 2.24) is 14.0 Å². The highest BCUT2D eigenvalue weighted by molar-refractivity contribution is 5.94. The minimum Gasteiger partial charge on any atom is -0.367 e. The molecule has 1 saturated heterocycles. The number of rotatable bonds is 4. The highest BCUT2D eigenvalue weighted by atomic mass is 19.1. The number of piperazine rings is 1. The Morgan fingerprint density at radius 3 is 2.30 bits per heavy atom. The second-order valence-electron chi connectivity index (χ2n) is 6.86. The highest BCUT2D eigenvalue weighted by Crippen LogP contribution is 2.22. The molecule has 1 aliphatic rings. The van der Waals surface area contributed by atoms with Gasteiger partial charge in [-0.2, -0.15) is 0 Å². The smallest absolute Gasteiger partial charge is 0.330 e. The lowest BCUT2D eigenvalue weighted by molar-refractivity contribution is 0.101. The third kappa shape index (κ3) is 3.85. The molecule has 8 heteroatoms. The number of ketones is 1. The zero-order valence-electron chi connectivity index (χ0n) is 15.7. The van der Waals surface area contributed by atoms with Crippen LogP contribution in [0.1, 0.15) is 23.0 Å². The van der Waals surface area contributed by atoms with Gasteiger partial charge in [-0.25, -0.2) is 9.18 Å². The van der Waals surface area contributed by atoms with E-state index in [1.165, 1.54) is 30.7 Å². The van der Waals surface area contributed by atoms with Crippen molar-refractivity contribution in [3.05, 3.63) is 62.2 Å². The second-order valence-corrected chi connectivity index (χ2v) is 6.86. The van der Waals surface area contributed by atoms with E-state index >= 15 is 0 Å². The topological polar surface area (TPSA) is 67.6 Å². The van der Waals surface area contributed by atoms with Gasteiger partial charge in [-0.05, 0) is 25.1 Å². The number of hydrogen-bond acceptors (Lipinski definition) is 5. The fraction of sp³-hybridized carbons (Fsp3) is 0.421. The molecule has 3 rings (SSSR count). The van der Waals surface area contributed by atoms with E-state index in [2.05, 4.69) is 4.90 Å². The van der Waals surface area contributed by atoms with E-state index in [1.54, 1.807) is 19.2 Å². The number of benzene rings is 1. The van der Waals surface area contributed by atoms with E-state index in [0.29, 0.717) is 49.7 Å². The van der Waals surface area contributed by atoms with Crippen molar-refractivity contribution in [3.8, 4) is 0 Å². The number of nitrogens with zero attached hydrogens (tertiary/aromatic N) is 4. The van der Waals surface area contributed by atoms with E-state index < -0.39 is 5.82 Å². The number of anilines is 1. The van der Waals surface area contributed by atoms with Crippen LogP contribution in [0.15, 0.2) is 33.9 Å². The molecule has 1 aliphatic heterocycles. The van der Waals surface area contributed by atoms with Crippen molar-refractivity contribution in [3.63, 3.8) is 0 Å². The van der Waals surface area contributed by atoms with Crippen LogP contribution in [0.5, 0.6) is 0 Å². The minimum atomic E-state index is -0.398. The zero-order chi connectivity index (χ0) is 19.7. The lowest BCUT2D eigenvalue weighted by atomic mass is 10.1. The van der Waals surface area contributed by atoms with Crippen molar-refractivity contribution < 1.29 is 9.18 Å². The fourth-order valence-corrected chi connectivity index (χ4v) is 3.29. The van der Waals surface area contributed by atoms with Crippen molar-refractivity contribution in [2.45, 2.75) is 13.5 Å². The van der Waals surface area contributed by atoms with Gasteiger partial charge in [0.25, 0.3) is 5.56 Å². The Balaban J connectivity index is 1.69. The van der Waals surface area contributed by atoms with Gasteiger partial charge in [-0.15, -0.1) is 0 Å². The molecule has 0 atom stereocenters. The summed E-state index contributed by atoms with van der Waals surface area (Å²) in [6.45, 7) is 4.50. The molecule has 0 radical (unpaired) electrons. The zero-order valence-corrected chi connectivity index (χ0v) is 15.7. The molecule has 0 bridgehead atoms. The van der Waals surface area contributed by atoms with Gasteiger partial charge in [0.1, 0.15) is 5.82 Å². The van der Waals surface area contributed by atoms with Gasteiger partial charge in [-0.1, -0.05) is 0 Å². The van der Waals surface area contributed by atoms with Crippen molar-refractivity contribution in [2.75, 3.05) is 31.1 Å². The average molecular weight is 374 g/mol. The van der Waals surface area contributed by atoms with Gasteiger partial charge in [0, 0.05) is 64.1 Å². The number of halogens is 1. The molecule has 144 valence electrons. The summed E-state index contributed by atoms with van der Waals surface area (Å²) in [6, 6.07) is 6.04. The van der Waals surface area contributed by atoms with Crippen LogP contribution in [0.4, 0.5) is 10.1 Å². The van der Waals surface area contributed by atoms with Crippen LogP contribution in [0, 0.1) is 5.82 Å². The third-order valence-corrected chi connectivity index (χ3v) is 5.08. The summed E-state index contributed by atoms with van der Waals surface area (Å²) in [5.74, 6) is -0.560. The Hall–Kier alpha value is -2.74. The summed E-state index contributed by atoms with van der Waals surface area (Å²) in [5, 5.41) is 0. The third-order valence-electron chi connectivity index (χ3n) is 5.08. The number of carbonyl (C=O) groups is 1. The minimum absolute atomic E-state index is 0.162. The van der Waals surface area contributed by atoms with Crippen LogP contribution in [0.2, 0.25) is 0 Å². The summed E-state index contributed by atoms with van der Waals surface area (Å²) >= 11 is 0. The first kappa shape index (κ1) is 19.0. The van der Waals surface area contributed by atoms with E-state index in [1.807, 2.05) is 4.90 Å². The van der Waals surface area contributed by atoms with E-state index in [9.17, 15) is 18.8 Å². The van der Waals surface area contributed by atoms with Gasteiger partial charge < -0.3 is 4.90 Å². The number of hydrogen-bond donors (Lipinski definition) is 0. The largest absolute Gasteiger partial charge is 0.367 e. The lowest BCUT2D eigenvalue weighted by Gasteiger charge is -2.36. The van der Waals surface area contributed by atoms with Gasteiger partial charge >= 0.3 is 5.69 Å². The molecule has 0 saturated carbocycles. The Bertz CT molecular complexity index is 987. The van der Waals surface area contributed by atoms with Crippen molar-refractivity contribution in [1.29, 1.82) is 0 Å². The quantitative estimate of drug-likeness (QED) is 0.739. The molecular weight excluding hydrogens is 351 g/mol. The molecule has 1 aromatic heterocycles. The number of aromatic nitrogens is 2. The molecule has 2 heterocycles. The SMILES string of the molecule is CC(=O)c1ccc(N2CCN(Cc3cc(=O)n(C)c(=O)n3C)CC2)c(F)c1. The van der Waals surface area contributed by atoms with Crippen LogP contribution in [0.25, 0.3) is 0 Å². The summed E-state index contributed by atoms with van der Waals surface area (Å²) < 4.78 is 16.9. The Labute approximate surface area is 156 Å². The first-order chi connectivity index (χ1) is 12.8. The molecule has 0 aliphatic carbocycles. The second kappa shape index (κ2) is 7.48. The van der Waals surface area contributed by atoms with Gasteiger partial charge in [0.05, 0.1) is 5.69 Å². The molecule has 0 spiro atoms. The Morgan fingerprint density at radius 2 is 1.70 bits per heavy atom. The van der Waals surface area contributed by atoms with E-state index in [0.717, 1.165) is 4.57 Å². The summed E-state index contributed by atoms with van der Waals surface area (Å²) in [6.07, 6.45) is 0. The molecule has 1 aromatic carbocycles. The molecule has 2 aromatic rings. The normalized spacial score (nSPS) is 15.2. The van der Waals surface area contributed by atoms with Crippen LogP contribution in [-0.2, 0) is 20.6 Å². The number of carbonyl (C=O) groups excluding carboxylic acids is 1. The fourth-order valence-electron chi connectivity index (χ4n) is 3.29. The summed E-state index contributed by atoms with van der Waals surface area (Å²) in [7, 11) is 3.11. The van der Waals surface area contributed by atoms with Crippen LogP contribution < -0.4 is 16.1 Å². The molecule has 0 N–H and O–H groups in total. The van der Waals surface area contributed by atoms with E-state index in [4.69, 9.17) is 0 Å².